The third kappa shape index (κ3) is 4.79. The molecule has 1 aliphatic heterocycles. The second-order valence-electron chi connectivity index (χ2n) is 5.74. The minimum absolute atomic E-state index is 0.0809. The van der Waals surface area contributed by atoms with E-state index in [-0.39, 0.29) is 47.7 Å². The molecule has 122 valence electrons. The molecule has 0 saturated carbocycles. The Morgan fingerprint density at radius 3 is 2.19 bits per heavy atom. The maximum atomic E-state index is 12.4. The Morgan fingerprint density at radius 2 is 1.76 bits per heavy atom. The zero-order valence-electron chi connectivity index (χ0n) is 12.5. The van der Waals surface area contributed by atoms with Crippen molar-refractivity contribution >= 4 is 23.6 Å². The van der Waals surface area contributed by atoms with Gasteiger partial charge >= 0.3 is 5.51 Å². The van der Waals surface area contributed by atoms with Crippen LogP contribution in [0.15, 0.2) is 0 Å². The third-order valence-corrected chi connectivity index (χ3v) is 4.06. The van der Waals surface area contributed by atoms with Gasteiger partial charge in [-0.15, -0.1) is 0 Å². The van der Waals surface area contributed by atoms with Gasteiger partial charge in [-0.05, 0) is 23.6 Å². The first-order valence-corrected chi connectivity index (χ1v) is 7.84. The first-order chi connectivity index (χ1) is 9.54. The normalized spacial score (nSPS) is 24.0. The number of carbonyl (C=O) groups is 2. The van der Waals surface area contributed by atoms with Crippen molar-refractivity contribution in [3.05, 3.63) is 0 Å². The molecule has 1 N–H and O–H groups in total. The van der Waals surface area contributed by atoms with Crippen LogP contribution in [0.1, 0.15) is 27.7 Å². The number of alkyl halides is 3. The Morgan fingerprint density at radius 1 is 1.19 bits per heavy atom. The van der Waals surface area contributed by atoms with Gasteiger partial charge in [-0.25, -0.2) is 0 Å². The molecule has 8 heteroatoms. The van der Waals surface area contributed by atoms with Crippen LogP contribution in [-0.4, -0.2) is 46.6 Å². The molecule has 1 saturated heterocycles. The van der Waals surface area contributed by atoms with E-state index in [0.717, 1.165) is 0 Å². The van der Waals surface area contributed by atoms with Crippen LogP contribution in [0, 0.1) is 11.8 Å². The van der Waals surface area contributed by atoms with Gasteiger partial charge in [-0.2, -0.15) is 13.2 Å². The largest absolute Gasteiger partial charge is 0.441 e. The smallest absolute Gasteiger partial charge is 0.342 e. The van der Waals surface area contributed by atoms with E-state index in [9.17, 15) is 22.8 Å². The summed E-state index contributed by atoms with van der Waals surface area (Å²) >= 11 is -0.172. The fraction of sp³-hybridized carbons (Fsp3) is 0.846. The number of nitrogens with zero attached hydrogens (tertiary/aromatic N) is 1. The van der Waals surface area contributed by atoms with Crippen molar-refractivity contribution in [1.82, 2.24) is 10.2 Å². The van der Waals surface area contributed by atoms with E-state index in [4.69, 9.17) is 0 Å². The van der Waals surface area contributed by atoms with Crippen molar-refractivity contribution in [2.45, 2.75) is 45.3 Å². The molecule has 0 aliphatic carbocycles. The highest BCUT2D eigenvalue weighted by molar-refractivity contribution is 8.00. The maximum Gasteiger partial charge on any atom is 0.441 e. The van der Waals surface area contributed by atoms with Crippen LogP contribution in [0.4, 0.5) is 13.2 Å². The summed E-state index contributed by atoms with van der Waals surface area (Å²) in [5.74, 6) is -1.12. The summed E-state index contributed by atoms with van der Waals surface area (Å²) in [5, 5.41) is 2.67. The summed E-state index contributed by atoms with van der Waals surface area (Å²) in [5.41, 5.74) is -4.33. The van der Waals surface area contributed by atoms with E-state index in [1.165, 1.54) is 4.90 Å². The first kappa shape index (κ1) is 18.1. The van der Waals surface area contributed by atoms with Crippen LogP contribution in [0.3, 0.4) is 0 Å². The Hall–Kier alpha value is -0.920. The van der Waals surface area contributed by atoms with Gasteiger partial charge < -0.3 is 10.2 Å². The highest BCUT2D eigenvalue weighted by atomic mass is 32.2. The van der Waals surface area contributed by atoms with Crippen molar-refractivity contribution in [1.29, 1.82) is 0 Å². The lowest BCUT2D eigenvalue weighted by Gasteiger charge is -2.42. The van der Waals surface area contributed by atoms with E-state index < -0.39 is 17.6 Å². The molecule has 4 nitrogen and oxygen atoms in total. The van der Waals surface area contributed by atoms with Crippen molar-refractivity contribution in [2.75, 3.05) is 12.3 Å². The predicted molar refractivity (Wildman–Crippen MR) is 75.6 cm³/mol. The molecule has 2 amide bonds. The summed E-state index contributed by atoms with van der Waals surface area (Å²) in [7, 11) is 0. The fourth-order valence-corrected chi connectivity index (χ4v) is 2.90. The van der Waals surface area contributed by atoms with Crippen LogP contribution in [0.25, 0.3) is 0 Å². The maximum absolute atomic E-state index is 12.4. The van der Waals surface area contributed by atoms with Gasteiger partial charge in [0, 0.05) is 12.3 Å². The van der Waals surface area contributed by atoms with Crippen molar-refractivity contribution in [3.8, 4) is 0 Å². The molecule has 21 heavy (non-hydrogen) atoms. The highest BCUT2D eigenvalue weighted by Crippen LogP contribution is 2.30. The second kappa shape index (κ2) is 6.89. The van der Waals surface area contributed by atoms with Gasteiger partial charge in [0.2, 0.25) is 11.8 Å². The minimum Gasteiger partial charge on any atom is -0.342 e. The summed E-state index contributed by atoms with van der Waals surface area (Å²) in [6.07, 6.45) is 0. The second-order valence-corrected chi connectivity index (χ2v) is 6.90. The molecule has 1 rings (SSSR count). The van der Waals surface area contributed by atoms with E-state index in [1.807, 2.05) is 0 Å². The van der Waals surface area contributed by atoms with Gasteiger partial charge in [0.05, 0.1) is 0 Å². The molecule has 2 unspecified atom stereocenters. The van der Waals surface area contributed by atoms with Gasteiger partial charge in [-0.3, -0.25) is 9.59 Å². The lowest BCUT2D eigenvalue weighted by Crippen LogP contribution is -2.66. The van der Waals surface area contributed by atoms with Crippen LogP contribution >= 0.6 is 11.8 Å². The molecule has 0 aromatic rings. The Bertz CT molecular complexity index is 399. The number of carbonyl (C=O) groups excluding carboxylic acids is 2. The number of rotatable bonds is 5. The Balaban J connectivity index is 2.85. The molecule has 0 spiro atoms. The van der Waals surface area contributed by atoms with E-state index in [1.54, 1.807) is 27.7 Å². The summed E-state index contributed by atoms with van der Waals surface area (Å²) in [6.45, 7) is 7.05. The summed E-state index contributed by atoms with van der Waals surface area (Å²) in [4.78, 5) is 25.8. The highest BCUT2D eigenvalue weighted by Gasteiger charge is 2.43. The number of piperazine rings is 1. The molecular weight excluding hydrogens is 305 g/mol. The quantitative estimate of drug-likeness (QED) is 0.843. The van der Waals surface area contributed by atoms with Gasteiger partial charge in [-0.1, -0.05) is 27.7 Å². The number of thioether (sulfide) groups is 1. The average Bonchev–Trinajstić information content (AvgIpc) is 2.30. The number of hydrogen-bond donors (Lipinski definition) is 1. The standard InChI is InChI=1S/C13H21F3N2O2S/c1-7(2)9-12(20)18(5-6-21-13(14,15)16)10(8(3)4)11(19)17-9/h7-10H,5-6H2,1-4H3,(H,17,19). The third-order valence-electron chi connectivity index (χ3n) is 3.35. The Labute approximate surface area is 126 Å². The predicted octanol–water partition coefficient (Wildman–Crippen LogP) is 2.25. The monoisotopic (exact) mass is 326 g/mol. The van der Waals surface area contributed by atoms with Crippen LogP contribution in [-0.2, 0) is 9.59 Å². The molecule has 0 aromatic carbocycles. The molecule has 1 fully saturated rings. The van der Waals surface area contributed by atoms with Gasteiger partial charge in [0.15, 0.2) is 0 Å². The van der Waals surface area contributed by atoms with Crippen molar-refractivity contribution in [2.24, 2.45) is 11.8 Å². The lowest BCUT2D eigenvalue weighted by molar-refractivity contribution is -0.152. The van der Waals surface area contributed by atoms with Crippen LogP contribution in [0.2, 0.25) is 0 Å². The molecule has 0 aromatic heterocycles. The molecule has 2 atom stereocenters. The van der Waals surface area contributed by atoms with Crippen molar-refractivity contribution < 1.29 is 22.8 Å². The SMILES string of the molecule is CC(C)C1NC(=O)C(C(C)C)N(CCSC(F)(F)F)C1=O. The molecule has 1 heterocycles. The first-order valence-electron chi connectivity index (χ1n) is 6.86. The van der Waals surface area contributed by atoms with Gasteiger partial charge in [0.25, 0.3) is 0 Å². The zero-order valence-corrected chi connectivity index (χ0v) is 13.3. The number of nitrogens with one attached hydrogen (secondary N) is 1. The molecular formula is C13H21F3N2O2S. The van der Waals surface area contributed by atoms with E-state index in [0.29, 0.717) is 0 Å². The topological polar surface area (TPSA) is 49.4 Å². The molecule has 0 bridgehead atoms. The number of halogens is 3. The summed E-state index contributed by atoms with van der Waals surface area (Å²) in [6, 6.07) is -1.37. The fourth-order valence-electron chi connectivity index (χ4n) is 2.38. The van der Waals surface area contributed by atoms with Crippen molar-refractivity contribution in [3.63, 3.8) is 0 Å². The van der Waals surface area contributed by atoms with E-state index >= 15 is 0 Å². The lowest BCUT2D eigenvalue weighted by atomic mass is 9.93. The van der Waals surface area contributed by atoms with Crippen LogP contribution < -0.4 is 5.32 Å². The molecule has 1 aliphatic rings. The van der Waals surface area contributed by atoms with E-state index in [2.05, 4.69) is 5.32 Å². The summed E-state index contributed by atoms with van der Waals surface area (Å²) < 4.78 is 36.7. The number of hydrogen-bond acceptors (Lipinski definition) is 3. The minimum atomic E-state index is -4.33. The molecule has 0 radical (unpaired) electrons. The number of amides is 2. The van der Waals surface area contributed by atoms with Gasteiger partial charge in [0.1, 0.15) is 12.1 Å². The zero-order chi connectivity index (χ0) is 16.4. The Kier molecular flexibility index (Phi) is 5.95. The average molecular weight is 326 g/mol. The van der Waals surface area contributed by atoms with Crippen LogP contribution in [0.5, 0.6) is 0 Å².